The molecule has 3 aromatic carbocycles. The summed E-state index contributed by atoms with van der Waals surface area (Å²) in [4.78, 5) is 25.7. The molecular formula is C30H35N7O2. The van der Waals surface area contributed by atoms with Gasteiger partial charge >= 0.3 is 5.91 Å². The summed E-state index contributed by atoms with van der Waals surface area (Å²) in [5, 5.41) is 14.8. The molecule has 0 aliphatic carbocycles. The molecule has 3 aromatic rings. The van der Waals surface area contributed by atoms with Crippen molar-refractivity contribution in [2.45, 2.75) is 6.42 Å². The van der Waals surface area contributed by atoms with Crippen molar-refractivity contribution in [2.75, 3.05) is 49.7 Å². The molecule has 1 fully saturated rings. The number of rotatable bonds is 11. The number of hydrazine groups is 2. The highest BCUT2D eigenvalue weighted by Crippen LogP contribution is 2.19. The van der Waals surface area contributed by atoms with E-state index >= 15 is 0 Å². The zero-order valence-electron chi connectivity index (χ0n) is 22.1. The molecule has 0 atom stereocenters. The second-order valence-electron chi connectivity index (χ2n) is 9.35. The van der Waals surface area contributed by atoms with Crippen molar-refractivity contribution in [2.24, 2.45) is 5.73 Å². The number of amides is 1. The van der Waals surface area contributed by atoms with Crippen LogP contribution in [0.25, 0.3) is 5.70 Å². The first-order valence-corrected chi connectivity index (χ1v) is 13.0. The first-order valence-electron chi connectivity index (χ1n) is 13.0. The number of hydrogen-bond acceptors (Lipinski definition) is 8. The lowest BCUT2D eigenvalue weighted by atomic mass is 10.1. The van der Waals surface area contributed by atoms with Gasteiger partial charge in [-0.25, -0.2) is 0 Å². The zero-order chi connectivity index (χ0) is 27.6. The van der Waals surface area contributed by atoms with Crippen LogP contribution in [0.4, 0.5) is 11.4 Å². The summed E-state index contributed by atoms with van der Waals surface area (Å²) in [6.07, 6.45) is 2.56. The van der Waals surface area contributed by atoms with Gasteiger partial charge in [0.05, 0.1) is 11.4 Å². The molecule has 9 nitrogen and oxygen atoms in total. The van der Waals surface area contributed by atoms with Crippen LogP contribution >= 0.6 is 0 Å². The van der Waals surface area contributed by atoms with Gasteiger partial charge in [0.2, 0.25) is 6.29 Å². The molecule has 0 bridgehead atoms. The van der Waals surface area contributed by atoms with E-state index in [1.807, 2.05) is 66.7 Å². The van der Waals surface area contributed by atoms with Crippen molar-refractivity contribution in [3.05, 3.63) is 102 Å². The Labute approximate surface area is 229 Å². The van der Waals surface area contributed by atoms with Crippen LogP contribution in [-0.4, -0.2) is 62.7 Å². The number of piperazine rings is 1. The van der Waals surface area contributed by atoms with E-state index in [0.29, 0.717) is 30.7 Å². The van der Waals surface area contributed by atoms with Crippen molar-refractivity contribution in [1.82, 2.24) is 15.9 Å². The van der Waals surface area contributed by atoms with Gasteiger partial charge in [-0.2, -0.15) is 0 Å². The number of aldehydes is 1. The summed E-state index contributed by atoms with van der Waals surface area (Å²) in [7, 11) is 1.77. The summed E-state index contributed by atoms with van der Waals surface area (Å²) in [6, 6.07) is 25.2. The Kier molecular flexibility index (Phi) is 9.44. The smallest absolute Gasteiger partial charge is 0.302 e. The minimum atomic E-state index is -0.652. The van der Waals surface area contributed by atoms with Gasteiger partial charge in [0.25, 0.3) is 0 Å². The van der Waals surface area contributed by atoms with E-state index in [4.69, 9.17) is 11.1 Å². The number of hydrogen-bond donors (Lipinski definition) is 4. The van der Waals surface area contributed by atoms with E-state index in [0.717, 1.165) is 54.2 Å². The van der Waals surface area contributed by atoms with Crippen LogP contribution in [-0.2, 0) is 16.0 Å². The summed E-state index contributed by atoms with van der Waals surface area (Å²) in [5.41, 5.74) is 14.7. The first kappa shape index (κ1) is 27.6. The van der Waals surface area contributed by atoms with Crippen LogP contribution in [0, 0.1) is 5.41 Å². The number of nitrogens with zero attached hydrogens (tertiary/aromatic N) is 3. The fourth-order valence-corrected chi connectivity index (χ4v) is 4.37. The van der Waals surface area contributed by atoms with Crippen molar-refractivity contribution in [3.8, 4) is 0 Å². The van der Waals surface area contributed by atoms with Gasteiger partial charge in [0.15, 0.2) is 0 Å². The predicted octanol–water partition coefficient (Wildman–Crippen LogP) is 2.59. The molecule has 1 aliphatic rings. The maximum Gasteiger partial charge on any atom is 0.302 e. The number of carbonyl (C=O) groups excluding carboxylic acids is 2. The standard InChI is InChI=1S/C30H35N7O2/c1-35(34-37(30(39)22-38)18-15-23-5-3-2-4-6-23)26-11-7-24(8-12-26)28(31)21-29(32)25-9-13-27(14-10-25)36-19-16-33-17-20-36/h2-14,21-22,32-34H,15-20,31H2,1H3/b28-21-,32-29?. The highest BCUT2D eigenvalue weighted by atomic mass is 16.2. The van der Waals surface area contributed by atoms with Crippen molar-refractivity contribution < 1.29 is 9.59 Å². The second kappa shape index (κ2) is 13.4. The largest absolute Gasteiger partial charge is 0.398 e. The van der Waals surface area contributed by atoms with Crippen molar-refractivity contribution >= 4 is 35.0 Å². The van der Waals surface area contributed by atoms with Crippen molar-refractivity contribution in [1.29, 1.82) is 5.41 Å². The number of allylic oxidation sites excluding steroid dienone is 1. The Morgan fingerprint density at radius 3 is 2.28 bits per heavy atom. The minimum Gasteiger partial charge on any atom is -0.398 e. The van der Waals surface area contributed by atoms with E-state index in [9.17, 15) is 9.59 Å². The topological polar surface area (TPSA) is 118 Å². The number of benzene rings is 3. The zero-order valence-corrected chi connectivity index (χ0v) is 22.1. The van der Waals surface area contributed by atoms with Crippen LogP contribution in [0.2, 0.25) is 0 Å². The number of nitrogens with one attached hydrogen (secondary N) is 3. The molecule has 1 heterocycles. The summed E-state index contributed by atoms with van der Waals surface area (Å²) >= 11 is 0. The third-order valence-electron chi connectivity index (χ3n) is 6.65. The highest BCUT2D eigenvalue weighted by Gasteiger charge is 2.15. The number of carbonyl (C=O) groups is 2. The van der Waals surface area contributed by atoms with E-state index in [1.165, 1.54) is 5.01 Å². The summed E-state index contributed by atoms with van der Waals surface area (Å²) in [5.74, 6) is -0.652. The first-order chi connectivity index (χ1) is 18.9. The Bertz CT molecular complexity index is 1290. The Hall–Kier alpha value is -4.47. The summed E-state index contributed by atoms with van der Waals surface area (Å²) < 4.78 is 0. The quantitative estimate of drug-likeness (QED) is 0.132. The minimum absolute atomic E-state index is 0.300. The fourth-order valence-electron chi connectivity index (χ4n) is 4.37. The average molecular weight is 526 g/mol. The molecule has 0 spiro atoms. The summed E-state index contributed by atoms with van der Waals surface area (Å²) in [6.45, 7) is 4.24. The van der Waals surface area contributed by atoms with Crippen LogP contribution in [0.5, 0.6) is 0 Å². The van der Waals surface area contributed by atoms with E-state index in [2.05, 4.69) is 27.9 Å². The van der Waals surface area contributed by atoms with E-state index in [-0.39, 0.29) is 0 Å². The molecule has 1 amide bonds. The van der Waals surface area contributed by atoms with Gasteiger partial charge in [0.1, 0.15) is 0 Å². The number of nitrogens with two attached hydrogens (primary N) is 1. The van der Waals surface area contributed by atoms with E-state index in [1.54, 1.807) is 18.1 Å². The molecule has 0 unspecified atom stereocenters. The molecule has 4 rings (SSSR count). The molecule has 0 saturated carbocycles. The predicted molar refractivity (Wildman–Crippen MR) is 156 cm³/mol. The fraction of sp³-hybridized carbons (Fsp3) is 0.233. The lowest BCUT2D eigenvalue weighted by Gasteiger charge is -2.29. The lowest BCUT2D eigenvalue weighted by molar-refractivity contribution is -0.141. The third kappa shape index (κ3) is 7.53. The van der Waals surface area contributed by atoms with Gasteiger partial charge in [-0.3, -0.25) is 19.6 Å². The van der Waals surface area contributed by atoms with Crippen LogP contribution in [0.3, 0.4) is 0 Å². The molecule has 202 valence electrons. The SMILES string of the molecule is CN(NN(CCc1ccccc1)C(=O)C=O)c1ccc(/C(N)=C/C(=N)c2ccc(N3CCNCC3)cc2)cc1. The molecule has 9 heteroatoms. The molecular weight excluding hydrogens is 490 g/mol. The Balaban J connectivity index is 1.37. The Morgan fingerprint density at radius 2 is 1.64 bits per heavy atom. The third-order valence-corrected chi connectivity index (χ3v) is 6.65. The monoisotopic (exact) mass is 525 g/mol. The molecule has 0 radical (unpaired) electrons. The van der Waals surface area contributed by atoms with Gasteiger partial charge in [-0.05, 0) is 53.5 Å². The van der Waals surface area contributed by atoms with Gasteiger partial charge in [0, 0.05) is 51.2 Å². The maximum absolute atomic E-state index is 12.2. The van der Waals surface area contributed by atoms with Gasteiger partial charge < -0.3 is 21.4 Å². The average Bonchev–Trinajstić information content (AvgIpc) is 2.99. The van der Waals surface area contributed by atoms with Gasteiger partial charge in [-0.15, -0.1) is 5.53 Å². The van der Waals surface area contributed by atoms with Gasteiger partial charge in [-0.1, -0.05) is 54.6 Å². The van der Waals surface area contributed by atoms with Crippen LogP contribution in [0.15, 0.2) is 84.9 Å². The molecule has 0 aromatic heterocycles. The Morgan fingerprint density at radius 1 is 1.00 bits per heavy atom. The van der Waals surface area contributed by atoms with Crippen molar-refractivity contribution in [3.63, 3.8) is 0 Å². The molecule has 5 N–H and O–H groups in total. The number of anilines is 2. The van der Waals surface area contributed by atoms with Crippen LogP contribution < -0.4 is 26.5 Å². The highest BCUT2D eigenvalue weighted by molar-refractivity contribution is 6.23. The molecule has 39 heavy (non-hydrogen) atoms. The normalized spacial score (nSPS) is 13.6. The lowest BCUT2D eigenvalue weighted by Crippen LogP contribution is -2.52. The van der Waals surface area contributed by atoms with Crippen LogP contribution in [0.1, 0.15) is 16.7 Å². The maximum atomic E-state index is 12.2. The van der Waals surface area contributed by atoms with E-state index < -0.39 is 5.91 Å². The molecule has 1 saturated heterocycles. The second-order valence-corrected chi connectivity index (χ2v) is 9.35. The molecule has 1 aliphatic heterocycles.